The molecule has 0 heterocycles. The van der Waals surface area contributed by atoms with Gasteiger partial charge in [-0.15, -0.1) is 0 Å². The Kier molecular flexibility index (Phi) is 17.9. The van der Waals surface area contributed by atoms with Gasteiger partial charge in [-0.2, -0.15) is 0 Å². The second kappa shape index (κ2) is 18.6. The Morgan fingerprint density at radius 3 is 1.81 bits per heavy atom. The van der Waals surface area contributed by atoms with E-state index >= 15 is 0 Å². The number of alkyl halides is 1. The minimum Gasteiger partial charge on any atom is -0.414 e. The Morgan fingerprint density at radius 2 is 1.32 bits per heavy atom. The lowest BCUT2D eigenvalue weighted by Crippen LogP contribution is -2.45. The van der Waals surface area contributed by atoms with Crippen LogP contribution in [0.2, 0.25) is 54.4 Å². The summed E-state index contributed by atoms with van der Waals surface area (Å²) in [5, 5.41) is 0.892. The van der Waals surface area contributed by atoms with Crippen LogP contribution < -0.4 is 0 Å². The van der Waals surface area contributed by atoms with Crippen LogP contribution in [0.4, 0.5) is 0 Å². The zero-order valence-corrected chi connectivity index (χ0v) is 38.4. The van der Waals surface area contributed by atoms with Crippen molar-refractivity contribution in [3.05, 3.63) is 24.3 Å². The van der Waals surface area contributed by atoms with Crippen molar-refractivity contribution in [3.63, 3.8) is 0 Å². The van der Waals surface area contributed by atoms with E-state index in [1.165, 1.54) is 19.3 Å². The number of halogens is 1. The molecule has 0 bridgehead atoms. The SMILES string of the molecule is CCCCC[C@@H](/C=C/[C@@H]1[C@@H](C/C=C\CCCC(=O)CBr)[C@@H](O[Si](C)(C)C(C)(C)C)C[C@H]1O[Si](C)(C)C(C)(C)C)O[Si](C)(C)C(C)(C)C. The Balaban J connectivity index is 3.60. The standard InChI is InChI=1S/C39H77BrO4Si3/c1-17-18-21-25-32(42-45(11,12)37(2,3)4)27-28-34-33(26-23-20-19-22-24-31(41)30-40)35(43-46(13,14)38(5,6)7)29-36(34)44-47(15,16)39(8,9)10/h20,23,27-28,32-36H,17-19,21-22,24-26,29-30H2,1-16H3/b23-20-,28-27+/t32-,33+,34+,35-,36+/m0/s1. The second-order valence-electron chi connectivity index (χ2n) is 18.9. The van der Waals surface area contributed by atoms with Crippen molar-refractivity contribution >= 4 is 46.7 Å². The van der Waals surface area contributed by atoms with Gasteiger partial charge in [0, 0.05) is 12.3 Å². The van der Waals surface area contributed by atoms with Crippen LogP contribution in [-0.4, -0.2) is 54.4 Å². The fourth-order valence-corrected chi connectivity index (χ4v) is 9.82. The van der Waals surface area contributed by atoms with E-state index in [0.717, 1.165) is 32.1 Å². The lowest BCUT2D eigenvalue weighted by Gasteiger charge is -2.40. The number of Topliss-reactive ketones (excluding diaryl/α,β-unsaturated/α-hetero) is 1. The molecule has 1 rings (SSSR count). The fourth-order valence-electron chi connectivity index (χ4n) is 5.49. The fraction of sp³-hybridized carbons (Fsp3) is 0.872. The minimum absolute atomic E-state index is 0.125. The molecule has 276 valence electrons. The molecule has 1 aliphatic rings. The molecule has 4 nitrogen and oxygen atoms in total. The van der Waals surface area contributed by atoms with Gasteiger partial charge in [0.05, 0.1) is 23.6 Å². The molecule has 0 spiro atoms. The highest BCUT2D eigenvalue weighted by Crippen LogP contribution is 2.48. The minimum atomic E-state index is -2.03. The summed E-state index contributed by atoms with van der Waals surface area (Å²) in [5.41, 5.74) is 0. The van der Waals surface area contributed by atoms with Gasteiger partial charge in [0.2, 0.25) is 0 Å². The van der Waals surface area contributed by atoms with Gasteiger partial charge in [-0.3, -0.25) is 4.79 Å². The van der Waals surface area contributed by atoms with Gasteiger partial charge in [0.1, 0.15) is 5.78 Å². The van der Waals surface area contributed by atoms with Crippen LogP contribution in [0.5, 0.6) is 0 Å². The average Bonchev–Trinajstić information content (AvgIpc) is 3.20. The van der Waals surface area contributed by atoms with Gasteiger partial charge in [-0.05, 0) is 92.4 Å². The largest absolute Gasteiger partial charge is 0.414 e. The Bertz CT molecular complexity index is 1000. The molecular formula is C39H77BrO4Si3. The van der Waals surface area contributed by atoms with Crippen LogP contribution >= 0.6 is 15.9 Å². The molecule has 0 amide bonds. The predicted octanol–water partition coefficient (Wildman–Crippen LogP) is 13.0. The molecule has 0 aliphatic heterocycles. The molecule has 0 unspecified atom stereocenters. The topological polar surface area (TPSA) is 44.8 Å². The van der Waals surface area contributed by atoms with E-state index in [-0.39, 0.29) is 45.1 Å². The highest BCUT2D eigenvalue weighted by molar-refractivity contribution is 9.09. The number of carbonyl (C=O) groups excluding carboxylic acids is 1. The van der Waals surface area contributed by atoms with Crippen molar-refractivity contribution in [2.24, 2.45) is 11.8 Å². The van der Waals surface area contributed by atoms with E-state index in [2.05, 4.69) is 149 Å². The normalized spacial score (nSPS) is 22.9. The summed E-state index contributed by atoms with van der Waals surface area (Å²) < 4.78 is 21.7. The smallest absolute Gasteiger partial charge is 0.192 e. The number of unbranched alkanes of at least 4 members (excludes halogenated alkanes) is 3. The third kappa shape index (κ3) is 14.4. The zero-order valence-electron chi connectivity index (χ0n) is 33.8. The van der Waals surface area contributed by atoms with Crippen LogP contribution in [-0.2, 0) is 18.1 Å². The first-order valence-electron chi connectivity index (χ1n) is 18.7. The van der Waals surface area contributed by atoms with Crippen molar-refractivity contribution in [2.45, 2.75) is 200 Å². The molecule has 1 saturated carbocycles. The van der Waals surface area contributed by atoms with Crippen LogP contribution in [0.25, 0.3) is 0 Å². The number of carbonyl (C=O) groups is 1. The lowest BCUT2D eigenvalue weighted by molar-refractivity contribution is -0.116. The first-order valence-corrected chi connectivity index (χ1v) is 28.6. The van der Waals surface area contributed by atoms with E-state index in [1.54, 1.807) is 0 Å². The monoisotopic (exact) mass is 772 g/mol. The van der Waals surface area contributed by atoms with E-state index in [9.17, 15) is 4.79 Å². The molecule has 0 aromatic heterocycles. The number of hydrogen-bond acceptors (Lipinski definition) is 4. The summed E-state index contributed by atoms with van der Waals surface area (Å²) in [4.78, 5) is 11.8. The molecule has 0 aromatic carbocycles. The third-order valence-electron chi connectivity index (χ3n) is 11.8. The molecule has 1 aliphatic carbocycles. The summed E-state index contributed by atoms with van der Waals surface area (Å²) >= 11 is 3.30. The van der Waals surface area contributed by atoms with Crippen LogP contribution in [0.3, 0.4) is 0 Å². The van der Waals surface area contributed by atoms with Crippen molar-refractivity contribution in [3.8, 4) is 0 Å². The molecule has 0 saturated heterocycles. The highest BCUT2D eigenvalue weighted by atomic mass is 79.9. The van der Waals surface area contributed by atoms with Gasteiger partial charge in [0.15, 0.2) is 25.0 Å². The van der Waals surface area contributed by atoms with E-state index in [1.807, 2.05) is 0 Å². The summed E-state index contributed by atoms with van der Waals surface area (Å²) in [7, 11) is -5.99. The first-order chi connectivity index (χ1) is 21.3. The predicted molar refractivity (Wildman–Crippen MR) is 217 cm³/mol. The van der Waals surface area contributed by atoms with Gasteiger partial charge in [-0.25, -0.2) is 0 Å². The summed E-state index contributed by atoms with van der Waals surface area (Å²) in [6.07, 6.45) is 19.1. The van der Waals surface area contributed by atoms with E-state index in [4.69, 9.17) is 13.3 Å². The Labute approximate surface area is 304 Å². The maximum absolute atomic E-state index is 11.8. The van der Waals surface area contributed by atoms with Crippen molar-refractivity contribution in [1.29, 1.82) is 0 Å². The van der Waals surface area contributed by atoms with Gasteiger partial charge >= 0.3 is 0 Å². The van der Waals surface area contributed by atoms with Crippen molar-refractivity contribution in [1.82, 2.24) is 0 Å². The summed E-state index contributed by atoms with van der Waals surface area (Å²) in [6.45, 7) is 37.7. The van der Waals surface area contributed by atoms with Crippen molar-refractivity contribution < 1.29 is 18.1 Å². The summed E-state index contributed by atoms with van der Waals surface area (Å²) in [5.74, 6) is 0.871. The molecule has 47 heavy (non-hydrogen) atoms. The van der Waals surface area contributed by atoms with E-state index in [0.29, 0.717) is 17.7 Å². The van der Waals surface area contributed by atoms with Crippen LogP contribution in [0, 0.1) is 11.8 Å². The first kappa shape index (κ1) is 45.2. The zero-order chi connectivity index (χ0) is 36.5. The molecule has 0 radical (unpaired) electrons. The molecule has 8 heteroatoms. The number of hydrogen-bond donors (Lipinski definition) is 0. The maximum Gasteiger partial charge on any atom is 0.192 e. The maximum atomic E-state index is 11.8. The number of allylic oxidation sites excluding steroid dienone is 2. The third-order valence-corrected chi connectivity index (χ3v) is 26.0. The Hall–Kier alpha value is 0.161. The van der Waals surface area contributed by atoms with E-state index < -0.39 is 25.0 Å². The molecule has 0 aromatic rings. The number of rotatable bonds is 19. The highest BCUT2D eigenvalue weighted by Gasteiger charge is 2.50. The van der Waals surface area contributed by atoms with Crippen molar-refractivity contribution in [2.75, 3.05) is 5.33 Å². The van der Waals surface area contributed by atoms with Gasteiger partial charge in [-0.1, -0.05) is 129 Å². The molecular weight excluding hydrogens is 697 g/mol. The van der Waals surface area contributed by atoms with Crippen LogP contribution in [0.1, 0.15) is 127 Å². The Morgan fingerprint density at radius 1 is 0.787 bits per heavy atom. The van der Waals surface area contributed by atoms with Gasteiger partial charge < -0.3 is 13.3 Å². The average molecular weight is 774 g/mol. The quantitative estimate of drug-likeness (QED) is 0.0567. The molecule has 5 atom stereocenters. The van der Waals surface area contributed by atoms with Crippen LogP contribution in [0.15, 0.2) is 24.3 Å². The summed E-state index contributed by atoms with van der Waals surface area (Å²) in [6, 6.07) is 0. The second-order valence-corrected chi connectivity index (χ2v) is 33.7. The van der Waals surface area contributed by atoms with Gasteiger partial charge in [0.25, 0.3) is 0 Å². The number of ketones is 1. The molecule has 0 N–H and O–H groups in total. The lowest BCUT2D eigenvalue weighted by atomic mass is 9.89. The molecule has 1 fully saturated rings.